The van der Waals surface area contributed by atoms with Gasteiger partial charge in [-0.25, -0.2) is 0 Å². The molecule has 2 fully saturated rings. The molecule has 29 heavy (non-hydrogen) atoms. The second-order valence-corrected chi connectivity index (χ2v) is 7.63. The third kappa shape index (κ3) is 7.44. The Kier molecular flexibility index (Phi) is 8.17. The molecular formula is C21H29F3O5. The Labute approximate surface area is 169 Å². The Morgan fingerprint density at radius 3 is 2.17 bits per heavy atom. The highest BCUT2D eigenvalue weighted by Crippen LogP contribution is 2.26. The highest BCUT2D eigenvalue weighted by molar-refractivity contribution is 5.27. The third-order valence-electron chi connectivity index (χ3n) is 5.16. The lowest BCUT2D eigenvalue weighted by molar-refractivity contribution is -0.281. The predicted molar refractivity (Wildman–Crippen MR) is 99.3 cm³/mol. The molecule has 2 saturated heterocycles. The zero-order valence-electron chi connectivity index (χ0n) is 16.7. The van der Waals surface area contributed by atoms with Crippen molar-refractivity contribution < 1.29 is 36.9 Å². The quantitative estimate of drug-likeness (QED) is 0.613. The van der Waals surface area contributed by atoms with E-state index < -0.39 is 6.36 Å². The number of hydrogen-bond donors (Lipinski definition) is 0. The van der Waals surface area contributed by atoms with E-state index in [1.165, 1.54) is 25.0 Å². The van der Waals surface area contributed by atoms with Gasteiger partial charge in [-0.3, -0.25) is 0 Å². The molecule has 3 rings (SSSR count). The Morgan fingerprint density at radius 1 is 0.931 bits per heavy atom. The van der Waals surface area contributed by atoms with Crippen LogP contribution >= 0.6 is 0 Å². The van der Waals surface area contributed by atoms with Gasteiger partial charge in [0.2, 0.25) is 0 Å². The van der Waals surface area contributed by atoms with Crippen LogP contribution < -0.4 is 4.74 Å². The van der Waals surface area contributed by atoms with Crippen molar-refractivity contribution >= 4 is 0 Å². The number of alkyl halides is 3. The van der Waals surface area contributed by atoms with Crippen molar-refractivity contribution in [3.63, 3.8) is 0 Å². The van der Waals surface area contributed by atoms with Crippen molar-refractivity contribution in [3.05, 3.63) is 29.8 Å². The van der Waals surface area contributed by atoms with Gasteiger partial charge >= 0.3 is 6.36 Å². The number of benzene rings is 1. The summed E-state index contributed by atoms with van der Waals surface area (Å²) in [6.07, 6.45) is -0.534. The Hall–Kier alpha value is -1.35. The average Bonchev–Trinajstić information content (AvgIpc) is 2.71. The maximum Gasteiger partial charge on any atom is 0.573 e. The maximum absolute atomic E-state index is 12.2. The van der Waals surface area contributed by atoms with Crippen LogP contribution in [-0.2, 0) is 25.4 Å². The van der Waals surface area contributed by atoms with Crippen molar-refractivity contribution in [3.8, 4) is 5.75 Å². The highest BCUT2D eigenvalue weighted by atomic mass is 19.4. The van der Waals surface area contributed by atoms with Gasteiger partial charge in [0.25, 0.3) is 0 Å². The van der Waals surface area contributed by atoms with Crippen LogP contribution in [0.5, 0.6) is 5.75 Å². The molecule has 164 valence electrons. The number of unbranched alkanes of at least 4 members (excludes halogenated alkanes) is 1. The summed E-state index contributed by atoms with van der Waals surface area (Å²) in [5.41, 5.74) is 0.894. The molecule has 0 unspecified atom stereocenters. The van der Waals surface area contributed by atoms with Crippen LogP contribution in [-0.4, -0.2) is 45.4 Å². The maximum atomic E-state index is 12.2. The lowest BCUT2D eigenvalue weighted by atomic mass is 10.0. The van der Waals surface area contributed by atoms with Crippen LogP contribution in [0.1, 0.15) is 38.2 Å². The first kappa shape index (κ1) is 22.3. The average molecular weight is 418 g/mol. The summed E-state index contributed by atoms with van der Waals surface area (Å²) in [6.45, 7) is 4.63. The van der Waals surface area contributed by atoms with Gasteiger partial charge in [0.05, 0.1) is 32.3 Å². The van der Waals surface area contributed by atoms with Crippen LogP contribution in [0.3, 0.4) is 0 Å². The van der Waals surface area contributed by atoms with Gasteiger partial charge in [0.15, 0.2) is 12.6 Å². The smallest absolute Gasteiger partial charge is 0.406 e. The predicted octanol–water partition coefficient (Wildman–Crippen LogP) is 4.69. The fourth-order valence-electron chi connectivity index (χ4n) is 3.51. The fourth-order valence-corrected chi connectivity index (χ4v) is 3.51. The minimum atomic E-state index is -4.68. The van der Waals surface area contributed by atoms with Crippen LogP contribution in [0, 0.1) is 11.8 Å². The van der Waals surface area contributed by atoms with Crippen molar-refractivity contribution in [1.29, 1.82) is 0 Å². The minimum absolute atomic E-state index is 0.0529. The second kappa shape index (κ2) is 10.6. The first-order valence-corrected chi connectivity index (χ1v) is 10.2. The van der Waals surface area contributed by atoms with Gasteiger partial charge in [-0.2, -0.15) is 0 Å². The molecule has 0 atom stereocenters. The van der Waals surface area contributed by atoms with Crippen LogP contribution in [0.15, 0.2) is 24.3 Å². The summed E-state index contributed by atoms with van der Waals surface area (Å²) in [5.74, 6) is 0.299. The molecule has 0 aromatic heterocycles. The Bertz CT molecular complexity index is 591. The number of aryl methyl sites for hydroxylation is 1. The number of rotatable bonds is 8. The van der Waals surface area contributed by atoms with E-state index in [4.69, 9.17) is 18.9 Å². The van der Waals surface area contributed by atoms with Crippen LogP contribution in [0.2, 0.25) is 0 Å². The van der Waals surface area contributed by atoms with Gasteiger partial charge < -0.3 is 23.7 Å². The topological polar surface area (TPSA) is 46.2 Å². The van der Waals surface area contributed by atoms with E-state index in [-0.39, 0.29) is 24.2 Å². The van der Waals surface area contributed by atoms with E-state index in [1.54, 1.807) is 12.1 Å². The van der Waals surface area contributed by atoms with Crippen LogP contribution in [0.4, 0.5) is 13.2 Å². The molecule has 0 saturated carbocycles. The lowest BCUT2D eigenvalue weighted by Gasteiger charge is -2.37. The molecular weight excluding hydrogens is 389 g/mol. The first-order valence-electron chi connectivity index (χ1n) is 10.2. The summed E-state index contributed by atoms with van der Waals surface area (Å²) >= 11 is 0. The van der Waals surface area contributed by atoms with E-state index in [2.05, 4.69) is 11.7 Å². The zero-order chi connectivity index (χ0) is 20.7. The fraction of sp³-hybridized carbons (Fsp3) is 0.714. The number of halogens is 3. The molecule has 0 radical (unpaired) electrons. The van der Waals surface area contributed by atoms with Crippen molar-refractivity contribution in [1.82, 2.24) is 0 Å². The van der Waals surface area contributed by atoms with Crippen molar-refractivity contribution in [2.75, 3.05) is 26.4 Å². The zero-order valence-corrected chi connectivity index (χ0v) is 16.7. The molecule has 2 aliphatic heterocycles. The van der Waals surface area contributed by atoms with Crippen LogP contribution in [0.25, 0.3) is 0 Å². The molecule has 0 aliphatic carbocycles. The molecule has 0 spiro atoms. The molecule has 0 amide bonds. The van der Waals surface area contributed by atoms with E-state index in [1.807, 2.05) is 0 Å². The summed E-state index contributed by atoms with van der Waals surface area (Å²) < 4.78 is 63.8. The Morgan fingerprint density at radius 2 is 1.59 bits per heavy atom. The summed E-state index contributed by atoms with van der Waals surface area (Å²) in [6, 6.07) is 5.86. The molecule has 2 aliphatic rings. The van der Waals surface area contributed by atoms with Gasteiger partial charge in [-0.05, 0) is 30.5 Å². The summed E-state index contributed by atoms with van der Waals surface area (Å²) in [4.78, 5) is 0. The van der Waals surface area contributed by atoms with E-state index in [0.717, 1.165) is 25.2 Å². The molecule has 0 bridgehead atoms. The van der Waals surface area contributed by atoms with Crippen molar-refractivity contribution in [2.24, 2.45) is 11.8 Å². The standard InChI is InChI=1S/C21H29F3O5/c1-2-3-4-16-11-27-20(28-12-16)17-13-25-19(26-14-17)10-7-15-5-8-18(9-6-15)29-21(22,23)24/h5-6,8-9,16-17,19-20H,2-4,7,10-14H2,1H3/t16-,17-,19-,20-. The van der Waals surface area contributed by atoms with Gasteiger partial charge in [0, 0.05) is 12.3 Å². The monoisotopic (exact) mass is 418 g/mol. The first-order chi connectivity index (χ1) is 13.9. The molecule has 1 aromatic carbocycles. The number of ether oxygens (including phenoxy) is 5. The molecule has 2 heterocycles. The van der Waals surface area contributed by atoms with Crippen molar-refractivity contribution in [2.45, 2.75) is 58.0 Å². The summed E-state index contributed by atoms with van der Waals surface area (Å²) in [5, 5.41) is 0. The lowest BCUT2D eigenvalue weighted by Crippen LogP contribution is -2.44. The Balaban J connectivity index is 1.34. The van der Waals surface area contributed by atoms with E-state index in [9.17, 15) is 13.2 Å². The van der Waals surface area contributed by atoms with Gasteiger partial charge in [-0.1, -0.05) is 31.9 Å². The second-order valence-electron chi connectivity index (χ2n) is 7.63. The third-order valence-corrected chi connectivity index (χ3v) is 5.16. The normalized spacial score (nSPS) is 28.3. The number of hydrogen-bond acceptors (Lipinski definition) is 5. The largest absolute Gasteiger partial charge is 0.573 e. The van der Waals surface area contributed by atoms with Gasteiger partial charge in [0.1, 0.15) is 5.75 Å². The molecule has 0 N–H and O–H groups in total. The minimum Gasteiger partial charge on any atom is -0.406 e. The molecule has 8 heteroatoms. The highest BCUT2D eigenvalue weighted by Gasteiger charge is 2.33. The summed E-state index contributed by atoms with van der Waals surface area (Å²) in [7, 11) is 0. The van der Waals surface area contributed by atoms with E-state index in [0.29, 0.717) is 32.0 Å². The molecule has 1 aromatic rings. The SMILES string of the molecule is CCCC[C@H]1CO[C@H]([C@H]2CO[C@H](CCc3ccc(OC(F)(F)F)cc3)OC2)OC1. The molecule has 5 nitrogen and oxygen atoms in total. The van der Waals surface area contributed by atoms with E-state index >= 15 is 0 Å². The van der Waals surface area contributed by atoms with Gasteiger partial charge in [-0.15, -0.1) is 13.2 Å².